The van der Waals surface area contributed by atoms with Gasteiger partial charge in [-0.2, -0.15) is 0 Å². The number of carbonyl (C=O) groups is 3. The third kappa shape index (κ3) is 5.64. The van der Waals surface area contributed by atoms with Gasteiger partial charge in [0.15, 0.2) is 12.1 Å². The molecule has 0 saturated carbocycles. The van der Waals surface area contributed by atoms with Crippen LogP contribution in [-0.4, -0.2) is 80.5 Å². The smallest absolute Gasteiger partial charge is 0.328 e. The van der Waals surface area contributed by atoms with Crippen molar-refractivity contribution < 1.29 is 38.1 Å². The van der Waals surface area contributed by atoms with Crippen molar-refractivity contribution in [1.82, 2.24) is 10.6 Å². The molecule has 4 N–H and O–H groups in total. The molecule has 2 aliphatic rings. The maximum absolute atomic E-state index is 12.5. The molecule has 2 saturated heterocycles. The van der Waals surface area contributed by atoms with E-state index in [0.29, 0.717) is 0 Å². The van der Waals surface area contributed by atoms with Crippen LogP contribution in [0.1, 0.15) is 34.1 Å². The number of ether oxygens (including phenoxy) is 5. The monoisotopic (exact) mass is 417 g/mol. The Labute approximate surface area is 169 Å². The zero-order chi connectivity index (χ0) is 21.9. The first-order valence-electron chi connectivity index (χ1n) is 9.46. The first-order chi connectivity index (χ1) is 13.5. The SMILES string of the molecule is COC(=O)[C@H](C)NC(=O)C[C@@H](NC(=O)[C@H](C)N)[C@H]1O[C@@H]2OC(C)(C)O[C@@H]2[C@@H]1OC. The van der Waals surface area contributed by atoms with Gasteiger partial charge in [0.05, 0.1) is 19.2 Å². The van der Waals surface area contributed by atoms with E-state index in [1.807, 2.05) is 0 Å². The van der Waals surface area contributed by atoms with Gasteiger partial charge in [0.1, 0.15) is 24.4 Å². The molecular weight excluding hydrogens is 386 g/mol. The summed E-state index contributed by atoms with van der Waals surface area (Å²) < 4.78 is 27.7. The van der Waals surface area contributed by atoms with Gasteiger partial charge < -0.3 is 40.1 Å². The summed E-state index contributed by atoms with van der Waals surface area (Å²) in [5, 5.41) is 5.25. The number of nitrogens with one attached hydrogen (secondary N) is 2. The Hall–Kier alpha value is -1.79. The third-order valence-corrected chi connectivity index (χ3v) is 4.77. The van der Waals surface area contributed by atoms with E-state index in [4.69, 9.17) is 24.7 Å². The lowest BCUT2D eigenvalue weighted by molar-refractivity contribution is -0.220. The Bertz CT molecular complexity index is 626. The predicted molar refractivity (Wildman–Crippen MR) is 99.3 cm³/mol. The van der Waals surface area contributed by atoms with E-state index in [1.54, 1.807) is 13.8 Å². The van der Waals surface area contributed by atoms with Gasteiger partial charge in [0, 0.05) is 13.5 Å². The number of methoxy groups -OCH3 is 2. The summed E-state index contributed by atoms with van der Waals surface area (Å²) in [5.74, 6) is -2.36. The van der Waals surface area contributed by atoms with Crippen molar-refractivity contribution in [2.75, 3.05) is 14.2 Å². The molecule has 2 fully saturated rings. The van der Waals surface area contributed by atoms with Gasteiger partial charge in [0.2, 0.25) is 11.8 Å². The molecule has 0 aromatic heterocycles. The van der Waals surface area contributed by atoms with E-state index >= 15 is 0 Å². The molecule has 29 heavy (non-hydrogen) atoms. The number of hydrogen-bond donors (Lipinski definition) is 3. The van der Waals surface area contributed by atoms with Crippen molar-refractivity contribution >= 4 is 17.8 Å². The van der Waals surface area contributed by atoms with E-state index in [1.165, 1.54) is 28.1 Å². The largest absolute Gasteiger partial charge is 0.467 e. The number of amides is 2. The lowest BCUT2D eigenvalue weighted by atomic mass is 9.99. The second-order valence-electron chi connectivity index (χ2n) is 7.69. The van der Waals surface area contributed by atoms with Crippen molar-refractivity contribution in [3.8, 4) is 0 Å². The van der Waals surface area contributed by atoms with Gasteiger partial charge in [-0.15, -0.1) is 0 Å². The minimum atomic E-state index is -0.841. The second kappa shape index (κ2) is 9.35. The molecule has 2 aliphatic heterocycles. The Morgan fingerprint density at radius 1 is 1.14 bits per heavy atom. The van der Waals surface area contributed by atoms with E-state index in [-0.39, 0.29) is 6.42 Å². The van der Waals surface area contributed by atoms with E-state index in [9.17, 15) is 14.4 Å². The molecule has 11 heteroatoms. The van der Waals surface area contributed by atoms with Crippen LogP contribution >= 0.6 is 0 Å². The minimum absolute atomic E-state index is 0.173. The van der Waals surface area contributed by atoms with E-state index in [2.05, 4.69) is 15.4 Å². The van der Waals surface area contributed by atoms with Crippen molar-refractivity contribution in [1.29, 1.82) is 0 Å². The minimum Gasteiger partial charge on any atom is -0.467 e. The fourth-order valence-electron chi connectivity index (χ4n) is 3.40. The lowest BCUT2D eigenvalue weighted by Gasteiger charge is -2.31. The van der Waals surface area contributed by atoms with Gasteiger partial charge >= 0.3 is 5.97 Å². The summed E-state index contributed by atoms with van der Waals surface area (Å²) in [6.07, 6.45) is -2.72. The molecule has 7 atom stereocenters. The van der Waals surface area contributed by atoms with Crippen LogP contribution in [0.2, 0.25) is 0 Å². The molecule has 166 valence electrons. The molecule has 0 aromatic rings. The summed E-state index contributed by atoms with van der Waals surface area (Å²) in [6, 6.07) is -2.42. The lowest BCUT2D eigenvalue weighted by Crippen LogP contribution is -2.55. The highest BCUT2D eigenvalue weighted by Crippen LogP contribution is 2.39. The highest BCUT2D eigenvalue weighted by molar-refractivity contribution is 5.85. The zero-order valence-corrected chi connectivity index (χ0v) is 17.6. The third-order valence-electron chi connectivity index (χ3n) is 4.77. The van der Waals surface area contributed by atoms with Gasteiger partial charge in [-0.25, -0.2) is 4.79 Å². The Morgan fingerprint density at radius 3 is 2.34 bits per heavy atom. The summed E-state index contributed by atoms with van der Waals surface area (Å²) >= 11 is 0. The van der Waals surface area contributed by atoms with E-state index in [0.717, 1.165) is 0 Å². The number of fused-ring (bicyclic) bond motifs is 1. The summed E-state index contributed by atoms with van der Waals surface area (Å²) in [6.45, 7) is 6.54. The molecule has 2 rings (SSSR count). The maximum atomic E-state index is 12.5. The zero-order valence-electron chi connectivity index (χ0n) is 17.6. The number of rotatable bonds is 8. The molecule has 0 radical (unpaired) electrons. The van der Waals surface area contributed by atoms with Gasteiger partial charge in [-0.1, -0.05) is 0 Å². The van der Waals surface area contributed by atoms with Crippen molar-refractivity contribution in [2.45, 2.75) is 82.6 Å². The highest BCUT2D eigenvalue weighted by Gasteiger charge is 2.57. The first-order valence-corrected chi connectivity index (χ1v) is 9.46. The summed E-state index contributed by atoms with van der Waals surface area (Å²) in [5.41, 5.74) is 5.65. The molecule has 0 unspecified atom stereocenters. The van der Waals surface area contributed by atoms with Crippen LogP contribution in [0.25, 0.3) is 0 Å². The number of nitrogens with two attached hydrogens (primary N) is 1. The molecule has 11 nitrogen and oxygen atoms in total. The van der Waals surface area contributed by atoms with Crippen LogP contribution < -0.4 is 16.4 Å². The quantitative estimate of drug-likeness (QED) is 0.413. The fraction of sp³-hybridized carbons (Fsp3) is 0.833. The van der Waals surface area contributed by atoms with Crippen LogP contribution in [-0.2, 0) is 38.1 Å². The molecule has 2 heterocycles. The van der Waals surface area contributed by atoms with Gasteiger partial charge in [-0.05, 0) is 27.7 Å². The first kappa shape index (κ1) is 23.5. The number of esters is 1. The average molecular weight is 417 g/mol. The van der Waals surface area contributed by atoms with Crippen LogP contribution in [0, 0.1) is 0 Å². The molecule has 0 bridgehead atoms. The van der Waals surface area contributed by atoms with Crippen LogP contribution in [0.5, 0.6) is 0 Å². The molecule has 0 spiro atoms. The van der Waals surface area contributed by atoms with Crippen molar-refractivity contribution in [3.63, 3.8) is 0 Å². The normalized spacial score (nSPS) is 30.7. The topological polar surface area (TPSA) is 147 Å². The molecular formula is C18H31N3O8. The molecule has 0 aromatic carbocycles. The van der Waals surface area contributed by atoms with Crippen molar-refractivity contribution in [3.05, 3.63) is 0 Å². The number of hydrogen-bond acceptors (Lipinski definition) is 9. The molecule has 0 aliphatic carbocycles. The highest BCUT2D eigenvalue weighted by atomic mass is 16.8. The second-order valence-corrected chi connectivity index (χ2v) is 7.69. The summed E-state index contributed by atoms with van der Waals surface area (Å²) in [4.78, 5) is 36.2. The van der Waals surface area contributed by atoms with Crippen molar-refractivity contribution in [2.24, 2.45) is 5.73 Å². The molecule has 2 amide bonds. The van der Waals surface area contributed by atoms with Crippen LogP contribution in [0.3, 0.4) is 0 Å². The Kier molecular flexibility index (Phi) is 7.57. The standard InChI is InChI=1S/C18H31N3O8/c1-8(19)15(23)21-10(7-11(22)20-9(2)16(24)26-6)12-13(25-5)14-17(27-12)29-18(3,4)28-14/h8-10,12-14,17H,7,19H2,1-6H3,(H,20,22)(H,21,23)/t8-,9-,10+,12+,13+,14+,17+/m0/s1. The van der Waals surface area contributed by atoms with Gasteiger partial charge in [0.25, 0.3) is 0 Å². The Balaban J connectivity index is 2.14. The fourth-order valence-corrected chi connectivity index (χ4v) is 3.40. The van der Waals surface area contributed by atoms with Crippen LogP contribution in [0.4, 0.5) is 0 Å². The van der Waals surface area contributed by atoms with Crippen LogP contribution in [0.15, 0.2) is 0 Å². The van der Waals surface area contributed by atoms with E-state index < -0.39 is 66.3 Å². The maximum Gasteiger partial charge on any atom is 0.328 e. The average Bonchev–Trinajstić information content (AvgIpc) is 3.10. The number of carbonyl (C=O) groups excluding carboxylic acids is 3. The van der Waals surface area contributed by atoms with Gasteiger partial charge in [-0.3, -0.25) is 9.59 Å². The predicted octanol–water partition coefficient (Wildman–Crippen LogP) is -1.22. The summed E-state index contributed by atoms with van der Waals surface area (Å²) in [7, 11) is 2.72. The Morgan fingerprint density at radius 2 is 1.79 bits per heavy atom.